The van der Waals surface area contributed by atoms with Crippen LogP contribution in [0, 0.1) is 0 Å². The van der Waals surface area contributed by atoms with E-state index in [1.165, 1.54) is 7.11 Å². The maximum atomic E-state index is 10.4. The number of hydrogen-bond donors (Lipinski definition) is 2. The lowest BCUT2D eigenvalue weighted by molar-refractivity contribution is -0.139. The Balaban J connectivity index is 2.88. The van der Waals surface area contributed by atoms with Crippen molar-refractivity contribution in [3.63, 3.8) is 0 Å². The fraction of sp³-hybridized carbons (Fsp3) is 0.250. The average molecular weight is 238 g/mol. The van der Waals surface area contributed by atoms with Crippen molar-refractivity contribution in [1.29, 1.82) is 0 Å². The largest absolute Gasteiger partial charge is 0.497 e. The van der Waals surface area contributed by atoms with Crippen LogP contribution >= 0.6 is 0 Å². The van der Waals surface area contributed by atoms with Crippen LogP contribution < -0.4 is 9.47 Å². The van der Waals surface area contributed by atoms with Crippen molar-refractivity contribution in [3.05, 3.63) is 29.8 Å². The first-order chi connectivity index (χ1) is 8.15. The van der Waals surface area contributed by atoms with E-state index in [9.17, 15) is 4.79 Å². The monoisotopic (exact) mass is 238 g/mol. The van der Waals surface area contributed by atoms with Crippen molar-refractivity contribution >= 4 is 12.0 Å². The van der Waals surface area contributed by atoms with Gasteiger partial charge in [-0.1, -0.05) is 12.2 Å². The number of benzene rings is 1. The Kier molecular flexibility index (Phi) is 5.03. The van der Waals surface area contributed by atoms with E-state index in [2.05, 4.69) is 0 Å². The number of carboxylic acids is 1. The second-order valence-electron chi connectivity index (χ2n) is 3.21. The normalized spacial score (nSPS) is 10.5. The van der Waals surface area contributed by atoms with Crippen LogP contribution in [-0.2, 0) is 4.79 Å². The zero-order chi connectivity index (χ0) is 12.7. The minimum Gasteiger partial charge on any atom is -0.497 e. The smallest absolute Gasteiger partial charge is 0.341 e. The predicted octanol–water partition coefficient (Wildman–Crippen LogP) is 1.16. The molecular formula is C12H14O5. The number of hydrogen-bond acceptors (Lipinski definition) is 4. The van der Waals surface area contributed by atoms with Gasteiger partial charge in [0, 0.05) is 6.07 Å². The molecule has 0 aromatic heterocycles. The summed E-state index contributed by atoms with van der Waals surface area (Å²) in [5.74, 6) is -0.0740. The Morgan fingerprint density at radius 1 is 1.35 bits per heavy atom. The van der Waals surface area contributed by atoms with Crippen LogP contribution in [0.5, 0.6) is 11.5 Å². The molecule has 0 saturated carbocycles. The number of ether oxygens (including phenoxy) is 2. The molecule has 0 aliphatic rings. The highest BCUT2D eigenvalue weighted by atomic mass is 16.5. The van der Waals surface area contributed by atoms with Gasteiger partial charge in [0.1, 0.15) is 11.5 Å². The molecule has 2 N–H and O–H groups in total. The molecule has 0 bridgehead atoms. The SMILES string of the molecule is COc1cc(C=CCO)cc(OCC(=O)O)c1. The van der Waals surface area contributed by atoms with Gasteiger partial charge in [-0.25, -0.2) is 4.79 Å². The summed E-state index contributed by atoms with van der Waals surface area (Å²) < 4.78 is 10.1. The standard InChI is InChI=1S/C12H14O5/c1-16-10-5-9(3-2-4-13)6-11(7-10)17-8-12(14)15/h2-3,5-7,13H,4,8H2,1H3,(H,14,15). The fourth-order valence-electron chi connectivity index (χ4n) is 1.23. The van der Waals surface area contributed by atoms with Gasteiger partial charge >= 0.3 is 5.97 Å². The number of carbonyl (C=O) groups is 1. The summed E-state index contributed by atoms with van der Waals surface area (Å²) in [5.41, 5.74) is 0.763. The third-order valence-electron chi connectivity index (χ3n) is 1.92. The van der Waals surface area contributed by atoms with Gasteiger partial charge < -0.3 is 19.7 Å². The van der Waals surface area contributed by atoms with Crippen molar-refractivity contribution in [2.45, 2.75) is 0 Å². The van der Waals surface area contributed by atoms with Gasteiger partial charge in [-0.05, 0) is 17.7 Å². The van der Waals surface area contributed by atoms with Gasteiger partial charge in [-0.15, -0.1) is 0 Å². The molecule has 0 aliphatic heterocycles. The minimum atomic E-state index is -1.04. The highest BCUT2D eigenvalue weighted by Crippen LogP contribution is 2.23. The molecule has 1 aromatic carbocycles. The summed E-state index contributed by atoms with van der Waals surface area (Å²) in [6.07, 6.45) is 3.26. The fourth-order valence-corrected chi connectivity index (χ4v) is 1.23. The minimum absolute atomic E-state index is 0.0669. The number of carboxylic acid groups (broad SMARTS) is 1. The van der Waals surface area contributed by atoms with E-state index in [1.807, 2.05) is 0 Å². The Labute approximate surface area is 98.9 Å². The summed E-state index contributed by atoms with van der Waals surface area (Å²) >= 11 is 0. The van der Waals surface area contributed by atoms with Gasteiger partial charge in [0.25, 0.3) is 0 Å². The molecule has 0 fully saturated rings. The van der Waals surface area contributed by atoms with Crippen molar-refractivity contribution in [2.24, 2.45) is 0 Å². The number of aliphatic hydroxyl groups is 1. The average Bonchev–Trinajstić information content (AvgIpc) is 2.33. The Morgan fingerprint density at radius 3 is 2.65 bits per heavy atom. The molecule has 0 saturated heterocycles. The number of aliphatic hydroxyl groups excluding tert-OH is 1. The lowest BCUT2D eigenvalue weighted by Gasteiger charge is -2.07. The van der Waals surface area contributed by atoms with Gasteiger partial charge in [0.2, 0.25) is 0 Å². The lowest BCUT2D eigenvalue weighted by atomic mass is 10.2. The Hall–Kier alpha value is -2.01. The maximum absolute atomic E-state index is 10.4. The Morgan fingerprint density at radius 2 is 2.06 bits per heavy atom. The number of aliphatic carboxylic acids is 1. The van der Waals surface area contributed by atoms with E-state index in [0.717, 1.165) is 5.56 Å². The van der Waals surface area contributed by atoms with Crippen LogP contribution in [0.4, 0.5) is 0 Å². The first kappa shape index (κ1) is 13.1. The van der Waals surface area contributed by atoms with Crippen LogP contribution in [0.3, 0.4) is 0 Å². The highest BCUT2D eigenvalue weighted by molar-refractivity contribution is 5.68. The van der Waals surface area contributed by atoms with Gasteiger partial charge in [0.15, 0.2) is 6.61 Å². The van der Waals surface area contributed by atoms with Crippen molar-refractivity contribution < 1.29 is 24.5 Å². The lowest BCUT2D eigenvalue weighted by Crippen LogP contribution is -2.09. The molecule has 92 valence electrons. The molecule has 5 nitrogen and oxygen atoms in total. The maximum Gasteiger partial charge on any atom is 0.341 e. The van der Waals surface area contributed by atoms with E-state index in [1.54, 1.807) is 30.4 Å². The summed E-state index contributed by atoms with van der Waals surface area (Å²) in [6, 6.07) is 5.01. The molecule has 0 atom stereocenters. The van der Waals surface area contributed by atoms with E-state index in [0.29, 0.717) is 11.5 Å². The first-order valence-corrected chi connectivity index (χ1v) is 4.96. The number of rotatable bonds is 6. The summed E-state index contributed by atoms with van der Waals surface area (Å²) in [5, 5.41) is 17.2. The molecule has 17 heavy (non-hydrogen) atoms. The molecule has 0 heterocycles. The molecule has 0 spiro atoms. The molecular weight excluding hydrogens is 224 g/mol. The van der Waals surface area contributed by atoms with Crippen LogP contribution in [0.2, 0.25) is 0 Å². The van der Waals surface area contributed by atoms with E-state index in [-0.39, 0.29) is 6.61 Å². The first-order valence-electron chi connectivity index (χ1n) is 4.96. The molecule has 0 unspecified atom stereocenters. The second-order valence-corrected chi connectivity index (χ2v) is 3.21. The number of methoxy groups -OCH3 is 1. The molecule has 1 aromatic rings. The molecule has 0 amide bonds. The Bertz CT molecular complexity index is 411. The molecule has 0 radical (unpaired) electrons. The van der Waals surface area contributed by atoms with Crippen LogP contribution in [0.25, 0.3) is 6.08 Å². The van der Waals surface area contributed by atoms with Crippen molar-refractivity contribution in [2.75, 3.05) is 20.3 Å². The van der Waals surface area contributed by atoms with Gasteiger partial charge in [-0.2, -0.15) is 0 Å². The van der Waals surface area contributed by atoms with E-state index < -0.39 is 12.6 Å². The van der Waals surface area contributed by atoms with Gasteiger partial charge in [0.05, 0.1) is 13.7 Å². The van der Waals surface area contributed by atoms with Crippen molar-refractivity contribution in [1.82, 2.24) is 0 Å². The zero-order valence-electron chi connectivity index (χ0n) is 9.42. The highest BCUT2D eigenvalue weighted by Gasteiger charge is 2.03. The molecule has 1 rings (SSSR count). The van der Waals surface area contributed by atoms with Crippen LogP contribution in [0.15, 0.2) is 24.3 Å². The van der Waals surface area contributed by atoms with Crippen molar-refractivity contribution in [3.8, 4) is 11.5 Å². The third-order valence-corrected chi connectivity index (χ3v) is 1.92. The predicted molar refractivity (Wildman–Crippen MR) is 62.2 cm³/mol. The topological polar surface area (TPSA) is 76.0 Å². The van der Waals surface area contributed by atoms with Crippen LogP contribution in [0.1, 0.15) is 5.56 Å². The molecule has 5 heteroatoms. The molecule has 0 aliphatic carbocycles. The summed E-state index contributed by atoms with van der Waals surface area (Å²) in [7, 11) is 1.51. The van der Waals surface area contributed by atoms with Crippen LogP contribution in [-0.4, -0.2) is 36.5 Å². The van der Waals surface area contributed by atoms with E-state index >= 15 is 0 Å². The second kappa shape index (κ2) is 6.55. The summed E-state index contributed by atoms with van der Waals surface area (Å²) in [6.45, 7) is -0.473. The van der Waals surface area contributed by atoms with Gasteiger partial charge in [-0.3, -0.25) is 0 Å². The van der Waals surface area contributed by atoms with E-state index in [4.69, 9.17) is 19.7 Å². The third kappa shape index (κ3) is 4.56. The zero-order valence-corrected chi connectivity index (χ0v) is 9.42. The quantitative estimate of drug-likeness (QED) is 0.777. The summed E-state index contributed by atoms with van der Waals surface area (Å²) in [4.78, 5) is 10.4.